The Morgan fingerprint density at radius 1 is 0.949 bits per heavy atom. The molecule has 1 saturated heterocycles. The Morgan fingerprint density at radius 2 is 1.64 bits per heavy atom. The number of hydrogen-bond donors (Lipinski definition) is 1. The normalized spacial score (nSPS) is 18.2. The third-order valence-corrected chi connectivity index (χ3v) is 9.45. The van der Waals surface area contributed by atoms with Crippen LogP contribution in [0.15, 0.2) is 77.7 Å². The molecule has 3 aromatic carbocycles. The Labute approximate surface area is 229 Å². The lowest BCUT2D eigenvalue weighted by Gasteiger charge is -2.38. The van der Waals surface area contributed by atoms with Crippen LogP contribution in [0.2, 0.25) is 0 Å². The molecule has 0 aromatic heterocycles. The van der Waals surface area contributed by atoms with Crippen molar-refractivity contribution in [3.63, 3.8) is 0 Å². The van der Waals surface area contributed by atoms with Crippen LogP contribution in [0.25, 0.3) is 0 Å². The summed E-state index contributed by atoms with van der Waals surface area (Å²) in [7, 11) is -3.65. The van der Waals surface area contributed by atoms with E-state index in [1.807, 2.05) is 67.6 Å². The van der Waals surface area contributed by atoms with Gasteiger partial charge in [-0.1, -0.05) is 54.6 Å². The van der Waals surface area contributed by atoms with Crippen molar-refractivity contribution < 1.29 is 22.7 Å². The summed E-state index contributed by atoms with van der Waals surface area (Å²) in [4.78, 5) is 28.7. The van der Waals surface area contributed by atoms with Crippen molar-refractivity contribution in [3.05, 3.63) is 89.5 Å². The van der Waals surface area contributed by atoms with E-state index in [-0.39, 0.29) is 37.4 Å². The first-order valence-electron chi connectivity index (χ1n) is 13.2. The van der Waals surface area contributed by atoms with Crippen molar-refractivity contribution in [2.24, 2.45) is 5.92 Å². The van der Waals surface area contributed by atoms with Gasteiger partial charge in [0.25, 0.3) is 5.91 Å². The van der Waals surface area contributed by atoms with Gasteiger partial charge in [-0.25, -0.2) is 8.42 Å². The highest BCUT2D eigenvalue weighted by molar-refractivity contribution is 7.89. The number of ether oxygens (including phenoxy) is 1. The molecule has 0 spiro atoms. The summed E-state index contributed by atoms with van der Waals surface area (Å²) in [6, 6.07) is 22.2. The molecular weight excluding hydrogens is 514 g/mol. The molecule has 2 aliphatic rings. The van der Waals surface area contributed by atoms with Crippen molar-refractivity contribution in [3.8, 4) is 5.75 Å². The van der Waals surface area contributed by atoms with Gasteiger partial charge in [0, 0.05) is 25.6 Å². The van der Waals surface area contributed by atoms with Crippen molar-refractivity contribution in [1.29, 1.82) is 0 Å². The lowest BCUT2D eigenvalue weighted by Crippen LogP contribution is -2.53. The van der Waals surface area contributed by atoms with Gasteiger partial charge in [-0.15, -0.1) is 0 Å². The van der Waals surface area contributed by atoms with Gasteiger partial charge in [0.1, 0.15) is 5.75 Å². The number of nitrogens with one attached hydrogen (secondary N) is 1. The zero-order valence-electron chi connectivity index (χ0n) is 22.2. The first-order valence-corrected chi connectivity index (χ1v) is 14.6. The molecule has 2 aliphatic heterocycles. The van der Waals surface area contributed by atoms with Gasteiger partial charge in [0.2, 0.25) is 15.9 Å². The van der Waals surface area contributed by atoms with E-state index < -0.39 is 16.1 Å². The molecule has 0 aliphatic carbocycles. The molecule has 5 rings (SSSR count). The maximum atomic E-state index is 13.8. The van der Waals surface area contributed by atoms with Crippen molar-refractivity contribution in [2.75, 3.05) is 24.5 Å². The molecular formula is C30H33N3O5S. The average Bonchev–Trinajstić information content (AvgIpc) is 2.96. The van der Waals surface area contributed by atoms with E-state index in [9.17, 15) is 18.0 Å². The standard InChI is InChI=1S/C30H33N3O5S/c1-21-12-13-22(2)28(18-21)39(36,37)32-16-14-24(15-17-32)30(35)33-20-27(38-26-11-7-6-10-25(26)33)29(34)31-19-23-8-4-3-5-9-23/h3-13,18,24,27H,14-17,19-20H2,1-2H3,(H,31,34). The SMILES string of the molecule is Cc1ccc(C)c(S(=O)(=O)N2CCC(C(=O)N3CC(C(=O)NCc4ccccc4)Oc4ccccc43)CC2)c1. The van der Waals surface area contributed by atoms with Gasteiger partial charge >= 0.3 is 0 Å². The first-order chi connectivity index (χ1) is 18.7. The van der Waals surface area contributed by atoms with E-state index in [1.54, 1.807) is 24.0 Å². The first kappa shape index (κ1) is 26.9. The van der Waals surface area contributed by atoms with Gasteiger partial charge in [-0.05, 0) is 61.6 Å². The third kappa shape index (κ3) is 5.69. The predicted molar refractivity (Wildman–Crippen MR) is 149 cm³/mol. The Kier molecular flexibility index (Phi) is 7.72. The molecule has 9 heteroatoms. The number of rotatable bonds is 6. The molecule has 1 atom stereocenters. The third-order valence-electron chi connectivity index (χ3n) is 7.41. The topological polar surface area (TPSA) is 96.0 Å². The molecule has 1 N–H and O–H groups in total. The number of piperidine rings is 1. The summed E-state index contributed by atoms with van der Waals surface area (Å²) in [6.45, 7) is 4.65. The summed E-state index contributed by atoms with van der Waals surface area (Å²) in [5.74, 6) is -0.280. The lowest BCUT2D eigenvalue weighted by atomic mass is 9.95. The van der Waals surface area contributed by atoms with Crippen LogP contribution in [-0.4, -0.2) is 50.3 Å². The molecule has 1 fully saturated rings. The largest absolute Gasteiger partial charge is 0.477 e. The van der Waals surface area contributed by atoms with Crippen molar-refractivity contribution in [2.45, 2.75) is 44.2 Å². The van der Waals surface area contributed by atoms with Crippen LogP contribution in [0.4, 0.5) is 5.69 Å². The number of anilines is 1. The van der Waals surface area contributed by atoms with Crippen molar-refractivity contribution >= 4 is 27.5 Å². The predicted octanol–water partition coefficient (Wildman–Crippen LogP) is 3.81. The molecule has 0 saturated carbocycles. The number of hydrogen-bond acceptors (Lipinski definition) is 5. The highest BCUT2D eigenvalue weighted by Gasteiger charge is 2.39. The molecule has 0 radical (unpaired) electrons. The monoisotopic (exact) mass is 547 g/mol. The number of fused-ring (bicyclic) bond motifs is 1. The van der Waals surface area contributed by atoms with Gasteiger partial charge in [-0.3, -0.25) is 9.59 Å². The lowest BCUT2D eigenvalue weighted by molar-refractivity contribution is -0.129. The highest BCUT2D eigenvalue weighted by Crippen LogP contribution is 2.36. The Bertz CT molecular complexity index is 1470. The fraction of sp³-hybridized carbons (Fsp3) is 0.333. The average molecular weight is 548 g/mol. The number of carbonyl (C=O) groups excluding carboxylic acids is 2. The molecule has 2 heterocycles. The van der Waals surface area contributed by atoms with E-state index >= 15 is 0 Å². The number of benzene rings is 3. The van der Waals surface area contributed by atoms with E-state index in [4.69, 9.17) is 4.74 Å². The van der Waals surface area contributed by atoms with E-state index in [0.29, 0.717) is 41.3 Å². The fourth-order valence-corrected chi connectivity index (χ4v) is 6.95. The molecule has 8 nitrogen and oxygen atoms in total. The quantitative estimate of drug-likeness (QED) is 0.506. The van der Waals surface area contributed by atoms with E-state index in [0.717, 1.165) is 11.1 Å². The smallest absolute Gasteiger partial charge is 0.263 e. The molecule has 1 unspecified atom stereocenters. The van der Waals surface area contributed by atoms with Crippen LogP contribution in [0.3, 0.4) is 0 Å². The number of para-hydroxylation sites is 2. The van der Waals surface area contributed by atoms with Gasteiger partial charge in [0.05, 0.1) is 17.1 Å². The molecule has 0 bridgehead atoms. The van der Waals surface area contributed by atoms with Gasteiger partial charge < -0.3 is 15.0 Å². The fourth-order valence-electron chi connectivity index (χ4n) is 5.17. The molecule has 2 amide bonds. The zero-order valence-corrected chi connectivity index (χ0v) is 23.0. The number of sulfonamides is 1. The summed E-state index contributed by atoms with van der Waals surface area (Å²) in [6.07, 6.45) is -0.0296. The molecule has 204 valence electrons. The second-order valence-electron chi connectivity index (χ2n) is 10.2. The molecule has 3 aromatic rings. The zero-order chi connectivity index (χ0) is 27.6. The van der Waals surface area contributed by atoms with Gasteiger partial charge in [0.15, 0.2) is 6.10 Å². The van der Waals surface area contributed by atoms with Crippen LogP contribution in [0.5, 0.6) is 5.75 Å². The van der Waals surface area contributed by atoms with Crippen LogP contribution in [0, 0.1) is 19.8 Å². The summed E-state index contributed by atoms with van der Waals surface area (Å²) in [5.41, 5.74) is 3.19. The number of carbonyl (C=O) groups is 2. The van der Waals surface area contributed by atoms with E-state index in [2.05, 4.69) is 5.32 Å². The molecule has 39 heavy (non-hydrogen) atoms. The summed E-state index contributed by atoms with van der Waals surface area (Å²) >= 11 is 0. The minimum atomic E-state index is -3.65. The second kappa shape index (κ2) is 11.2. The minimum absolute atomic E-state index is 0.0947. The van der Waals surface area contributed by atoms with Crippen molar-refractivity contribution in [1.82, 2.24) is 9.62 Å². The van der Waals surface area contributed by atoms with E-state index in [1.165, 1.54) is 4.31 Å². The second-order valence-corrected chi connectivity index (χ2v) is 12.1. The number of aryl methyl sites for hydroxylation is 2. The Morgan fingerprint density at radius 3 is 2.38 bits per heavy atom. The summed E-state index contributed by atoms with van der Waals surface area (Å²) < 4.78 is 34.2. The van der Waals surface area contributed by atoms with Crippen LogP contribution in [-0.2, 0) is 26.2 Å². The minimum Gasteiger partial charge on any atom is -0.477 e. The van der Waals surface area contributed by atoms with Gasteiger partial charge in [-0.2, -0.15) is 4.31 Å². The maximum Gasteiger partial charge on any atom is 0.263 e. The number of nitrogens with zero attached hydrogens (tertiary/aromatic N) is 2. The Hall–Kier alpha value is -3.69. The highest BCUT2D eigenvalue weighted by atomic mass is 32.2. The van der Waals surface area contributed by atoms with Crippen LogP contribution >= 0.6 is 0 Å². The van der Waals surface area contributed by atoms with Crippen LogP contribution in [0.1, 0.15) is 29.5 Å². The Balaban J connectivity index is 1.27. The number of amides is 2. The maximum absolute atomic E-state index is 13.8. The van der Waals surface area contributed by atoms with Crippen LogP contribution < -0.4 is 15.0 Å². The summed E-state index contributed by atoms with van der Waals surface area (Å²) in [5, 5.41) is 2.91.